The van der Waals surface area contributed by atoms with Crippen molar-refractivity contribution < 1.29 is 23.5 Å². The van der Waals surface area contributed by atoms with E-state index in [0.29, 0.717) is 10.8 Å². The highest BCUT2D eigenvalue weighted by Gasteiger charge is 2.21. The Bertz CT molecular complexity index is 988. The molecule has 3 rings (SSSR count). The lowest BCUT2D eigenvalue weighted by Gasteiger charge is -2.13. The first-order chi connectivity index (χ1) is 12.0. The van der Waals surface area contributed by atoms with Crippen molar-refractivity contribution in [3.63, 3.8) is 0 Å². The van der Waals surface area contributed by atoms with E-state index in [1.165, 1.54) is 25.1 Å². The third-order valence-corrected chi connectivity index (χ3v) is 3.32. The Labute approximate surface area is 142 Å². The lowest BCUT2D eigenvalue weighted by atomic mass is 10.1. The quantitative estimate of drug-likeness (QED) is 0.737. The highest BCUT2D eigenvalue weighted by Crippen LogP contribution is 2.36. The van der Waals surface area contributed by atoms with E-state index in [1.54, 1.807) is 30.3 Å². The Morgan fingerprint density at radius 1 is 1.08 bits per heavy atom. The second kappa shape index (κ2) is 6.56. The van der Waals surface area contributed by atoms with Crippen LogP contribution in [0.15, 0.2) is 48.5 Å². The molecule has 7 heteroatoms. The fraction of sp³-hybridized carbons (Fsp3) is 0.0556. The number of ether oxygens (including phenoxy) is 2. The number of pyridine rings is 1. The van der Waals surface area contributed by atoms with Gasteiger partial charge in [-0.25, -0.2) is 9.37 Å². The molecule has 0 atom stereocenters. The zero-order valence-corrected chi connectivity index (χ0v) is 13.2. The third-order valence-electron chi connectivity index (χ3n) is 3.32. The maximum Gasteiger partial charge on any atom is 0.308 e. The average molecular weight is 340 g/mol. The first-order valence-electron chi connectivity index (χ1n) is 7.30. The maximum atomic E-state index is 13.4. The minimum atomic E-state index is -0.883. The van der Waals surface area contributed by atoms with Crippen molar-refractivity contribution in [3.05, 3.63) is 60.0 Å². The molecule has 1 aromatic heterocycles. The molecule has 1 heterocycles. The van der Waals surface area contributed by atoms with Gasteiger partial charge >= 0.3 is 5.97 Å². The van der Waals surface area contributed by atoms with Crippen molar-refractivity contribution >= 4 is 22.6 Å². The summed E-state index contributed by atoms with van der Waals surface area (Å²) in [6, 6.07) is 12.2. The summed E-state index contributed by atoms with van der Waals surface area (Å²) in [5.74, 6) is -1.77. The van der Waals surface area contributed by atoms with E-state index in [2.05, 4.69) is 4.98 Å². The van der Waals surface area contributed by atoms with Crippen LogP contribution in [0.5, 0.6) is 17.4 Å². The highest BCUT2D eigenvalue weighted by atomic mass is 19.1. The molecule has 6 nitrogen and oxygen atoms in total. The van der Waals surface area contributed by atoms with Gasteiger partial charge in [-0.05, 0) is 18.2 Å². The molecule has 1 amide bonds. The van der Waals surface area contributed by atoms with Gasteiger partial charge in [-0.3, -0.25) is 9.59 Å². The minimum absolute atomic E-state index is 0.0396. The second-order valence-corrected chi connectivity index (χ2v) is 5.16. The average Bonchev–Trinajstić information content (AvgIpc) is 2.56. The van der Waals surface area contributed by atoms with E-state index >= 15 is 0 Å². The molecule has 0 spiro atoms. The Hall–Kier alpha value is -3.48. The van der Waals surface area contributed by atoms with Crippen LogP contribution in [0.2, 0.25) is 0 Å². The SMILES string of the molecule is CC(=O)Oc1c(C(N)=O)nc(Oc2cccc(F)c2)c2ccccc12. The number of esters is 1. The van der Waals surface area contributed by atoms with E-state index in [-0.39, 0.29) is 23.1 Å². The number of carbonyl (C=O) groups is 2. The van der Waals surface area contributed by atoms with Gasteiger partial charge in [0.1, 0.15) is 11.6 Å². The number of primary amides is 1. The van der Waals surface area contributed by atoms with Crippen LogP contribution in [0.3, 0.4) is 0 Å². The van der Waals surface area contributed by atoms with Gasteiger partial charge in [0, 0.05) is 23.8 Å². The standard InChI is InChI=1S/C18H13FN2O4/c1-10(22)24-16-13-7-2-3-8-14(13)18(21-15(16)17(20)23)25-12-6-4-5-11(19)9-12/h2-9H,1H3,(H2,20,23). The molecule has 3 aromatic rings. The van der Waals surface area contributed by atoms with Gasteiger partial charge in [-0.1, -0.05) is 24.3 Å². The van der Waals surface area contributed by atoms with Crippen molar-refractivity contribution in [3.8, 4) is 17.4 Å². The third kappa shape index (κ3) is 3.40. The largest absolute Gasteiger partial charge is 0.438 e. The van der Waals surface area contributed by atoms with Gasteiger partial charge in [-0.15, -0.1) is 0 Å². The number of nitrogens with zero attached hydrogens (tertiary/aromatic N) is 1. The van der Waals surface area contributed by atoms with Gasteiger partial charge in [0.05, 0.1) is 0 Å². The molecular formula is C18H13FN2O4. The molecule has 0 fully saturated rings. The molecule has 0 aliphatic rings. The predicted molar refractivity (Wildman–Crippen MR) is 88.0 cm³/mol. The molecule has 0 unspecified atom stereocenters. The number of rotatable bonds is 4. The Balaban J connectivity index is 2.22. The summed E-state index contributed by atoms with van der Waals surface area (Å²) in [6.45, 7) is 1.21. The van der Waals surface area contributed by atoms with E-state index in [9.17, 15) is 14.0 Å². The summed E-state index contributed by atoms with van der Waals surface area (Å²) >= 11 is 0. The van der Waals surface area contributed by atoms with Crippen LogP contribution >= 0.6 is 0 Å². The first kappa shape index (κ1) is 16.4. The van der Waals surface area contributed by atoms with Crippen molar-refractivity contribution in [2.75, 3.05) is 0 Å². The van der Waals surface area contributed by atoms with E-state index in [1.807, 2.05) is 0 Å². The summed E-state index contributed by atoms with van der Waals surface area (Å²) in [4.78, 5) is 27.2. The van der Waals surface area contributed by atoms with Gasteiger partial charge in [-0.2, -0.15) is 0 Å². The van der Waals surface area contributed by atoms with E-state index in [0.717, 1.165) is 0 Å². The van der Waals surface area contributed by atoms with Crippen LogP contribution in [0.4, 0.5) is 4.39 Å². The number of aromatic nitrogens is 1. The van der Waals surface area contributed by atoms with Gasteiger partial charge in [0.2, 0.25) is 5.88 Å². The topological polar surface area (TPSA) is 91.5 Å². The van der Waals surface area contributed by atoms with Crippen LogP contribution < -0.4 is 15.2 Å². The number of nitrogens with two attached hydrogens (primary N) is 1. The summed E-state index contributed by atoms with van der Waals surface area (Å²) in [5, 5.41) is 0.904. The van der Waals surface area contributed by atoms with Crippen LogP contribution in [0, 0.1) is 5.82 Å². The van der Waals surface area contributed by atoms with Crippen LogP contribution in [-0.4, -0.2) is 16.9 Å². The van der Waals surface area contributed by atoms with E-state index in [4.69, 9.17) is 15.2 Å². The van der Waals surface area contributed by atoms with Crippen molar-refractivity contribution in [1.82, 2.24) is 4.98 Å². The summed E-state index contributed by atoms with van der Waals surface area (Å²) < 4.78 is 24.1. The number of fused-ring (bicyclic) bond motifs is 1. The fourth-order valence-corrected chi connectivity index (χ4v) is 2.34. The number of amides is 1. The normalized spacial score (nSPS) is 10.5. The Morgan fingerprint density at radius 2 is 1.80 bits per heavy atom. The molecule has 0 aliphatic carbocycles. The van der Waals surface area contributed by atoms with Gasteiger partial charge < -0.3 is 15.2 Å². The molecule has 2 N–H and O–H groups in total. The number of hydrogen-bond donors (Lipinski definition) is 1. The zero-order chi connectivity index (χ0) is 18.0. The smallest absolute Gasteiger partial charge is 0.308 e. The molecule has 2 aromatic carbocycles. The van der Waals surface area contributed by atoms with Crippen molar-refractivity contribution in [2.24, 2.45) is 5.73 Å². The monoisotopic (exact) mass is 340 g/mol. The van der Waals surface area contributed by atoms with Crippen LogP contribution in [0.25, 0.3) is 10.8 Å². The molecule has 0 saturated heterocycles. The molecule has 126 valence electrons. The molecular weight excluding hydrogens is 327 g/mol. The Kier molecular flexibility index (Phi) is 4.30. The lowest BCUT2D eigenvalue weighted by Crippen LogP contribution is -2.17. The molecule has 0 aliphatic heterocycles. The van der Waals surface area contributed by atoms with Gasteiger partial charge in [0.15, 0.2) is 11.4 Å². The summed E-state index contributed by atoms with van der Waals surface area (Å²) in [6.07, 6.45) is 0. The van der Waals surface area contributed by atoms with Crippen LogP contribution in [0.1, 0.15) is 17.4 Å². The molecule has 0 bridgehead atoms. The zero-order valence-electron chi connectivity index (χ0n) is 13.2. The fourth-order valence-electron chi connectivity index (χ4n) is 2.34. The van der Waals surface area contributed by atoms with E-state index < -0.39 is 17.7 Å². The van der Waals surface area contributed by atoms with Crippen molar-refractivity contribution in [2.45, 2.75) is 6.92 Å². The number of benzene rings is 2. The number of hydrogen-bond acceptors (Lipinski definition) is 5. The number of carbonyl (C=O) groups excluding carboxylic acids is 2. The number of halogens is 1. The summed E-state index contributed by atoms with van der Waals surface area (Å²) in [5.41, 5.74) is 5.11. The van der Waals surface area contributed by atoms with Crippen molar-refractivity contribution in [1.29, 1.82) is 0 Å². The van der Waals surface area contributed by atoms with Crippen LogP contribution in [-0.2, 0) is 4.79 Å². The van der Waals surface area contributed by atoms with Gasteiger partial charge in [0.25, 0.3) is 5.91 Å². The molecule has 0 radical (unpaired) electrons. The Morgan fingerprint density at radius 3 is 2.44 bits per heavy atom. The second-order valence-electron chi connectivity index (χ2n) is 5.16. The first-order valence-corrected chi connectivity index (χ1v) is 7.30. The predicted octanol–water partition coefficient (Wildman–Crippen LogP) is 3.19. The summed E-state index contributed by atoms with van der Waals surface area (Å²) in [7, 11) is 0. The minimum Gasteiger partial charge on any atom is -0.438 e. The maximum absolute atomic E-state index is 13.4. The molecule has 25 heavy (non-hydrogen) atoms. The molecule has 0 saturated carbocycles. The lowest BCUT2D eigenvalue weighted by molar-refractivity contribution is -0.131. The highest BCUT2D eigenvalue weighted by molar-refractivity contribution is 6.03.